The summed E-state index contributed by atoms with van der Waals surface area (Å²) in [4.78, 5) is 34.6. The van der Waals surface area contributed by atoms with E-state index in [-0.39, 0.29) is 17.9 Å². The van der Waals surface area contributed by atoms with Crippen molar-refractivity contribution in [3.63, 3.8) is 0 Å². The first kappa shape index (κ1) is 19.7. The number of anilines is 1. The second-order valence-electron chi connectivity index (χ2n) is 5.81. The highest BCUT2D eigenvalue weighted by Crippen LogP contribution is 2.29. The molecule has 1 N–H and O–H groups in total. The molecule has 0 aliphatic rings. The zero-order chi connectivity index (χ0) is 20.8. The maximum absolute atomic E-state index is 12.0. The van der Waals surface area contributed by atoms with Crippen molar-refractivity contribution in [1.82, 2.24) is 15.0 Å². The molecule has 11 heteroatoms. The van der Waals surface area contributed by atoms with Gasteiger partial charge in [-0.15, -0.1) is 5.10 Å². The molecule has 0 unspecified atom stereocenters. The van der Waals surface area contributed by atoms with Crippen LogP contribution in [-0.4, -0.2) is 45.0 Å². The predicted molar refractivity (Wildman–Crippen MR) is 101 cm³/mol. The van der Waals surface area contributed by atoms with Crippen LogP contribution in [0.5, 0.6) is 5.75 Å². The summed E-state index contributed by atoms with van der Waals surface area (Å²) in [5, 5.41) is 21.3. The number of carbonyl (C=O) groups excluding carboxylic acids is 2. The van der Waals surface area contributed by atoms with Crippen molar-refractivity contribution in [2.75, 3.05) is 18.5 Å². The number of nitro groups is 1. The number of nitrogens with zero attached hydrogens (tertiary/aromatic N) is 4. The molecule has 3 rings (SSSR count). The van der Waals surface area contributed by atoms with Crippen LogP contribution in [0.2, 0.25) is 0 Å². The van der Waals surface area contributed by atoms with Crippen molar-refractivity contribution >= 4 is 34.3 Å². The Kier molecular flexibility index (Phi) is 5.97. The molecular weight excluding hydrogens is 382 g/mol. The van der Waals surface area contributed by atoms with Crippen molar-refractivity contribution in [1.29, 1.82) is 0 Å². The van der Waals surface area contributed by atoms with Crippen LogP contribution in [0.4, 0.5) is 11.4 Å². The third kappa shape index (κ3) is 4.83. The largest absolute Gasteiger partial charge is 0.494 e. The molecule has 2 aromatic carbocycles. The summed E-state index contributed by atoms with van der Waals surface area (Å²) in [5.74, 6) is -1.10. The van der Waals surface area contributed by atoms with Crippen LogP contribution in [0, 0.1) is 10.1 Å². The van der Waals surface area contributed by atoms with E-state index >= 15 is 0 Å². The van der Waals surface area contributed by atoms with Crippen LogP contribution in [0.1, 0.15) is 6.92 Å². The Morgan fingerprint density at radius 1 is 1.24 bits per heavy atom. The highest BCUT2D eigenvalue weighted by Gasteiger charge is 2.18. The minimum atomic E-state index is -0.714. The van der Waals surface area contributed by atoms with Gasteiger partial charge in [-0.1, -0.05) is 17.3 Å². The van der Waals surface area contributed by atoms with E-state index in [2.05, 4.69) is 15.6 Å². The van der Waals surface area contributed by atoms with Gasteiger partial charge in [0.2, 0.25) is 0 Å². The van der Waals surface area contributed by atoms with E-state index in [1.807, 2.05) is 0 Å². The molecule has 1 aromatic heterocycles. The van der Waals surface area contributed by atoms with Gasteiger partial charge in [-0.2, -0.15) is 0 Å². The first-order chi connectivity index (χ1) is 14.0. The molecule has 0 radical (unpaired) electrons. The molecule has 1 amide bonds. The molecule has 0 aliphatic heterocycles. The van der Waals surface area contributed by atoms with Gasteiger partial charge in [-0.05, 0) is 31.2 Å². The number of para-hydroxylation sites is 1. The maximum atomic E-state index is 12.0. The Morgan fingerprint density at radius 3 is 2.79 bits per heavy atom. The molecule has 150 valence electrons. The van der Waals surface area contributed by atoms with Crippen LogP contribution in [0.25, 0.3) is 11.0 Å². The molecule has 11 nitrogen and oxygen atoms in total. The Balaban J connectivity index is 1.58. The van der Waals surface area contributed by atoms with Gasteiger partial charge < -0.3 is 14.8 Å². The standard InChI is InChI=1S/C18H17N5O6/c1-2-28-12-7-8-13(16(9-12)23(26)27)19-17(24)11-29-18(25)10-22-15-6-4-3-5-14(15)20-21-22/h3-9H,2,10-11H2,1H3,(H,19,24). The third-order valence-corrected chi connectivity index (χ3v) is 3.81. The fourth-order valence-corrected chi connectivity index (χ4v) is 2.56. The van der Waals surface area contributed by atoms with Crippen LogP contribution < -0.4 is 10.1 Å². The first-order valence-electron chi connectivity index (χ1n) is 8.63. The van der Waals surface area contributed by atoms with E-state index < -0.39 is 23.4 Å². The van der Waals surface area contributed by atoms with E-state index in [1.165, 1.54) is 22.9 Å². The van der Waals surface area contributed by atoms with Crippen molar-refractivity contribution in [3.8, 4) is 5.75 Å². The van der Waals surface area contributed by atoms with Crippen LogP contribution in [0.3, 0.4) is 0 Å². The van der Waals surface area contributed by atoms with Gasteiger partial charge >= 0.3 is 5.97 Å². The molecule has 0 saturated carbocycles. The second kappa shape index (κ2) is 8.78. The monoisotopic (exact) mass is 399 g/mol. The molecule has 3 aromatic rings. The lowest BCUT2D eigenvalue weighted by molar-refractivity contribution is -0.384. The smallest absolute Gasteiger partial charge is 0.328 e. The molecule has 29 heavy (non-hydrogen) atoms. The third-order valence-electron chi connectivity index (χ3n) is 3.81. The lowest BCUT2D eigenvalue weighted by Gasteiger charge is -2.09. The number of nitro benzene ring substituents is 1. The molecule has 0 bridgehead atoms. The molecule has 0 aliphatic carbocycles. The minimum Gasteiger partial charge on any atom is -0.494 e. The second-order valence-corrected chi connectivity index (χ2v) is 5.81. The van der Waals surface area contributed by atoms with Crippen LogP contribution >= 0.6 is 0 Å². The van der Waals surface area contributed by atoms with Crippen molar-refractivity contribution in [2.45, 2.75) is 13.5 Å². The van der Waals surface area contributed by atoms with Gasteiger partial charge in [0.15, 0.2) is 6.61 Å². The number of esters is 1. The fourth-order valence-electron chi connectivity index (χ4n) is 2.56. The molecule has 0 saturated heterocycles. The van der Waals surface area contributed by atoms with E-state index in [0.29, 0.717) is 23.4 Å². The van der Waals surface area contributed by atoms with Gasteiger partial charge in [0, 0.05) is 0 Å². The quantitative estimate of drug-likeness (QED) is 0.344. The highest BCUT2D eigenvalue weighted by molar-refractivity contribution is 5.95. The molecule has 0 atom stereocenters. The van der Waals surface area contributed by atoms with Crippen molar-refractivity contribution in [2.24, 2.45) is 0 Å². The summed E-state index contributed by atoms with van der Waals surface area (Å²) in [6.45, 7) is 1.27. The summed E-state index contributed by atoms with van der Waals surface area (Å²) in [7, 11) is 0. The number of amides is 1. The van der Waals surface area contributed by atoms with E-state index in [1.54, 1.807) is 31.2 Å². The number of nitrogens with one attached hydrogen (secondary N) is 1. The summed E-state index contributed by atoms with van der Waals surface area (Å²) in [6, 6.07) is 11.1. The average Bonchev–Trinajstić information content (AvgIpc) is 3.10. The lowest BCUT2D eigenvalue weighted by Crippen LogP contribution is -2.23. The molecule has 0 fully saturated rings. The van der Waals surface area contributed by atoms with Gasteiger partial charge in [-0.3, -0.25) is 19.7 Å². The van der Waals surface area contributed by atoms with E-state index in [4.69, 9.17) is 9.47 Å². The SMILES string of the molecule is CCOc1ccc(NC(=O)COC(=O)Cn2nnc3ccccc32)c([N+](=O)[O-])c1. The number of rotatable bonds is 8. The first-order valence-corrected chi connectivity index (χ1v) is 8.63. The number of carbonyl (C=O) groups is 2. The normalized spacial score (nSPS) is 10.5. The number of fused-ring (bicyclic) bond motifs is 1. The van der Waals surface area contributed by atoms with Crippen molar-refractivity contribution in [3.05, 3.63) is 52.6 Å². The summed E-state index contributed by atoms with van der Waals surface area (Å²) >= 11 is 0. The molecule has 1 heterocycles. The summed E-state index contributed by atoms with van der Waals surface area (Å²) in [6.07, 6.45) is 0. The Morgan fingerprint density at radius 2 is 2.03 bits per heavy atom. The fraction of sp³-hybridized carbons (Fsp3) is 0.222. The topological polar surface area (TPSA) is 138 Å². The number of benzene rings is 2. The maximum Gasteiger partial charge on any atom is 0.328 e. The molecule has 0 spiro atoms. The van der Waals surface area contributed by atoms with E-state index in [0.717, 1.165) is 0 Å². The molecular formula is C18H17N5O6. The minimum absolute atomic E-state index is 0.0261. The predicted octanol–water partition coefficient (Wildman–Crippen LogP) is 1.92. The number of hydrogen-bond donors (Lipinski definition) is 1. The Labute approximate surface area is 164 Å². The van der Waals surface area contributed by atoms with Crippen molar-refractivity contribution < 1.29 is 24.0 Å². The lowest BCUT2D eigenvalue weighted by atomic mass is 10.2. The number of aromatic nitrogens is 3. The van der Waals surface area contributed by atoms with Crippen LogP contribution in [0.15, 0.2) is 42.5 Å². The van der Waals surface area contributed by atoms with Gasteiger partial charge in [0.1, 0.15) is 23.5 Å². The number of ether oxygens (including phenoxy) is 2. The Bertz CT molecular complexity index is 1060. The highest BCUT2D eigenvalue weighted by atomic mass is 16.6. The van der Waals surface area contributed by atoms with Gasteiger partial charge in [-0.25, -0.2) is 4.68 Å². The average molecular weight is 399 g/mol. The van der Waals surface area contributed by atoms with Gasteiger partial charge in [0.25, 0.3) is 11.6 Å². The Hall–Kier alpha value is -4.02. The summed E-state index contributed by atoms with van der Waals surface area (Å²) < 4.78 is 11.5. The zero-order valence-electron chi connectivity index (χ0n) is 15.4. The zero-order valence-corrected chi connectivity index (χ0v) is 15.4. The summed E-state index contributed by atoms with van der Waals surface area (Å²) in [5.41, 5.74) is 0.922. The van der Waals surface area contributed by atoms with E-state index in [9.17, 15) is 19.7 Å². The van der Waals surface area contributed by atoms with Crippen LogP contribution in [-0.2, 0) is 20.9 Å². The van der Waals surface area contributed by atoms with Gasteiger partial charge in [0.05, 0.1) is 23.1 Å². The number of hydrogen-bond acceptors (Lipinski definition) is 8.